The number of nitrogens with one attached hydrogen (secondary N) is 2. The van der Waals surface area contributed by atoms with Crippen molar-refractivity contribution < 1.29 is 5.11 Å². The van der Waals surface area contributed by atoms with E-state index in [1.54, 1.807) is 6.20 Å². The highest BCUT2D eigenvalue weighted by Crippen LogP contribution is 2.00. The smallest absolute Gasteiger partial charge is 0.266 e. The third kappa shape index (κ3) is 4.04. The van der Waals surface area contributed by atoms with Crippen LogP contribution in [-0.2, 0) is 0 Å². The van der Waals surface area contributed by atoms with Crippen LogP contribution in [0.15, 0.2) is 17.1 Å². The zero-order chi connectivity index (χ0) is 10.2. The number of H-pyrrole nitrogens is 1. The van der Waals surface area contributed by atoms with E-state index in [4.69, 9.17) is 5.11 Å². The van der Waals surface area contributed by atoms with Crippen LogP contribution in [-0.4, -0.2) is 28.5 Å². The molecule has 5 nitrogen and oxygen atoms in total. The minimum absolute atomic E-state index is 0.203. The first-order chi connectivity index (χ1) is 6.83. The number of unbranched alkanes of at least 4 members (excludes halogenated alkanes) is 2. The number of hydrogen-bond donors (Lipinski definition) is 3. The standard InChI is InChI=1S/C9H15N3O2/c13-5-3-1-2-4-10-8-6-9(14)12-11-7-8/h6-7,13H,1-5H2,(H2,10,12,14). The lowest BCUT2D eigenvalue weighted by atomic mass is 10.2. The molecule has 14 heavy (non-hydrogen) atoms. The fourth-order valence-corrected chi connectivity index (χ4v) is 1.12. The molecule has 1 heterocycles. The van der Waals surface area contributed by atoms with E-state index in [0.717, 1.165) is 31.5 Å². The maximum absolute atomic E-state index is 10.8. The van der Waals surface area contributed by atoms with Gasteiger partial charge in [0.05, 0.1) is 11.9 Å². The predicted molar refractivity (Wildman–Crippen MR) is 54.3 cm³/mol. The van der Waals surface area contributed by atoms with E-state index < -0.39 is 0 Å². The number of rotatable bonds is 6. The molecule has 0 spiro atoms. The molecule has 3 N–H and O–H groups in total. The van der Waals surface area contributed by atoms with Gasteiger partial charge in [0, 0.05) is 19.2 Å². The molecule has 0 aliphatic carbocycles. The second-order valence-electron chi connectivity index (χ2n) is 3.04. The van der Waals surface area contributed by atoms with Gasteiger partial charge in [-0.2, -0.15) is 5.10 Å². The summed E-state index contributed by atoms with van der Waals surface area (Å²) in [4.78, 5) is 10.8. The van der Waals surface area contributed by atoms with Gasteiger partial charge in [0.15, 0.2) is 0 Å². The molecular formula is C9H15N3O2. The van der Waals surface area contributed by atoms with E-state index in [1.165, 1.54) is 6.07 Å². The van der Waals surface area contributed by atoms with Crippen LogP contribution in [0, 0.1) is 0 Å². The first kappa shape index (κ1) is 10.7. The summed E-state index contributed by atoms with van der Waals surface area (Å²) in [6.07, 6.45) is 4.37. The molecule has 0 aliphatic rings. The summed E-state index contributed by atoms with van der Waals surface area (Å²) < 4.78 is 0. The molecular weight excluding hydrogens is 182 g/mol. The van der Waals surface area contributed by atoms with Crippen molar-refractivity contribution in [2.75, 3.05) is 18.5 Å². The number of aliphatic hydroxyl groups excluding tert-OH is 1. The fourth-order valence-electron chi connectivity index (χ4n) is 1.12. The van der Waals surface area contributed by atoms with E-state index in [9.17, 15) is 4.79 Å². The van der Waals surface area contributed by atoms with Crippen LogP contribution in [0.25, 0.3) is 0 Å². The SMILES string of the molecule is O=c1cc(NCCCCCO)cn[nH]1. The first-order valence-corrected chi connectivity index (χ1v) is 4.72. The molecule has 1 rings (SSSR count). The minimum atomic E-state index is -0.203. The van der Waals surface area contributed by atoms with E-state index >= 15 is 0 Å². The molecule has 0 aromatic carbocycles. The highest BCUT2D eigenvalue weighted by molar-refractivity contribution is 5.38. The number of aromatic amines is 1. The Morgan fingerprint density at radius 2 is 2.29 bits per heavy atom. The molecule has 0 fully saturated rings. The molecule has 0 unspecified atom stereocenters. The van der Waals surface area contributed by atoms with Crippen LogP contribution >= 0.6 is 0 Å². The summed E-state index contributed by atoms with van der Waals surface area (Å²) in [6.45, 7) is 1.04. The predicted octanol–water partition coefficient (Wildman–Crippen LogP) is 0.344. The molecule has 1 aromatic rings. The van der Waals surface area contributed by atoms with Gasteiger partial charge in [-0.3, -0.25) is 4.79 Å². The van der Waals surface area contributed by atoms with Gasteiger partial charge in [0.25, 0.3) is 5.56 Å². The molecule has 0 saturated heterocycles. The van der Waals surface area contributed by atoms with Gasteiger partial charge >= 0.3 is 0 Å². The van der Waals surface area contributed by atoms with Gasteiger partial charge in [-0.25, -0.2) is 5.10 Å². The molecule has 0 aliphatic heterocycles. The average Bonchev–Trinajstić information content (AvgIpc) is 2.18. The Bertz CT molecular complexity index is 311. The second-order valence-corrected chi connectivity index (χ2v) is 3.04. The van der Waals surface area contributed by atoms with Gasteiger partial charge in [-0.1, -0.05) is 0 Å². The van der Waals surface area contributed by atoms with Crippen LogP contribution in [0.2, 0.25) is 0 Å². The highest BCUT2D eigenvalue weighted by Gasteiger charge is 1.92. The molecule has 0 atom stereocenters. The quantitative estimate of drug-likeness (QED) is 0.575. The van der Waals surface area contributed by atoms with Crippen molar-refractivity contribution in [2.45, 2.75) is 19.3 Å². The Hall–Kier alpha value is -1.36. The lowest BCUT2D eigenvalue weighted by molar-refractivity contribution is 0.283. The van der Waals surface area contributed by atoms with E-state index in [-0.39, 0.29) is 12.2 Å². The summed E-state index contributed by atoms with van der Waals surface area (Å²) in [6, 6.07) is 1.47. The van der Waals surface area contributed by atoms with Crippen LogP contribution in [0.1, 0.15) is 19.3 Å². The number of aliphatic hydroxyl groups is 1. The Balaban J connectivity index is 2.21. The van der Waals surface area contributed by atoms with Crippen molar-refractivity contribution in [1.29, 1.82) is 0 Å². The molecule has 1 aromatic heterocycles. The molecule has 0 saturated carbocycles. The van der Waals surface area contributed by atoms with Crippen molar-refractivity contribution in [3.8, 4) is 0 Å². The summed E-state index contributed by atoms with van der Waals surface area (Å²) in [5.74, 6) is 0. The molecule has 78 valence electrons. The lowest BCUT2D eigenvalue weighted by Gasteiger charge is -2.03. The Kier molecular flexibility index (Phi) is 4.71. The van der Waals surface area contributed by atoms with Gasteiger partial charge in [0.1, 0.15) is 0 Å². The lowest BCUT2D eigenvalue weighted by Crippen LogP contribution is -2.09. The van der Waals surface area contributed by atoms with Gasteiger partial charge in [-0.05, 0) is 19.3 Å². The van der Waals surface area contributed by atoms with Crippen molar-refractivity contribution >= 4 is 5.69 Å². The van der Waals surface area contributed by atoms with Gasteiger partial charge in [-0.15, -0.1) is 0 Å². The van der Waals surface area contributed by atoms with Crippen LogP contribution in [0.5, 0.6) is 0 Å². The third-order valence-corrected chi connectivity index (χ3v) is 1.83. The summed E-state index contributed by atoms with van der Waals surface area (Å²) in [5.41, 5.74) is 0.531. The molecule has 0 amide bonds. The maximum atomic E-state index is 10.8. The average molecular weight is 197 g/mol. The Labute approximate surface area is 82.2 Å². The highest BCUT2D eigenvalue weighted by atomic mass is 16.2. The van der Waals surface area contributed by atoms with Crippen molar-refractivity contribution in [3.05, 3.63) is 22.6 Å². The fraction of sp³-hybridized carbons (Fsp3) is 0.556. The van der Waals surface area contributed by atoms with E-state index in [1.807, 2.05) is 0 Å². The van der Waals surface area contributed by atoms with Gasteiger partial charge < -0.3 is 10.4 Å². The Morgan fingerprint density at radius 1 is 1.43 bits per heavy atom. The van der Waals surface area contributed by atoms with Crippen LogP contribution in [0.3, 0.4) is 0 Å². The van der Waals surface area contributed by atoms with E-state index in [0.29, 0.717) is 0 Å². The molecule has 0 bridgehead atoms. The normalized spacial score (nSPS) is 10.1. The van der Waals surface area contributed by atoms with Crippen LogP contribution in [0.4, 0.5) is 5.69 Å². The van der Waals surface area contributed by atoms with Crippen LogP contribution < -0.4 is 10.9 Å². The summed E-state index contributed by atoms with van der Waals surface area (Å²) in [7, 11) is 0. The zero-order valence-electron chi connectivity index (χ0n) is 7.99. The number of nitrogens with zero attached hydrogens (tertiary/aromatic N) is 1. The minimum Gasteiger partial charge on any atom is -0.396 e. The molecule has 0 radical (unpaired) electrons. The topological polar surface area (TPSA) is 78.0 Å². The second kappa shape index (κ2) is 6.15. The summed E-state index contributed by atoms with van der Waals surface area (Å²) >= 11 is 0. The van der Waals surface area contributed by atoms with E-state index in [2.05, 4.69) is 15.5 Å². The monoisotopic (exact) mass is 197 g/mol. The number of hydrogen-bond acceptors (Lipinski definition) is 4. The molecule has 5 heteroatoms. The Morgan fingerprint density at radius 3 is 3.00 bits per heavy atom. The number of aromatic nitrogens is 2. The largest absolute Gasteiger partial charge is 0.396 e. The zero-order valence-corrected chi connectivity index (χ0v) is 7.99. The number of anilines is 1. The maximum Gasteiger partial charge on any atom is 0.266 e. The van der Waals surface area contributed by atoms with Crippen molar-refractivity contribution in [2.24, 2.45) is 0 Å². The van der Waals surface area contributed by atoms with Crippen molar-refractivity contribution in [1.82, 2.24) is 10.2 Å². The van der Waals surface area contributed by atoms with Crippen molar-refractivity contribution in [3.63, 3.8) is 0 Å². The third-order valence-electron chi connectivity index (χ3n) is 1.83. The summed E-state index contributed by atoms with van der Waals surface area (Å²) in [5, 5.41) is 17.6. The van der Waals surface area contributed by atoms with Gasteiger partial charge in [0.2, 0.25) is 0 Å². The first-order valence-electron chi connectivity index (χ1n) is 4.72.